The highest BCUT2D eigenvalue weighted by Crippen LogP contribution is 2.29. The van der Waals surface area contributed by atoms with Gasteiger partial charge >= 0.3 is 0 Å². The molecule has 1 N–H and O–H groups in total. The Morgan fingerprint density at radius 3 is 2.14 bits per heavy atom. The third-order valence-electron chi connectivity index (χ3n) is 4.38. The van der Waals surface area contributed by atoms with Crippen molar-refractivity contribution in [1.29, 1.82) is 0 Å². The van der Waals surface area contributed by atoms with Gasteiger partial charge in [-0.2, -0.15) is 0 Å². The smallest absolute Gasteiger partial charge is 0.244 e. The molecule has 7 nitrogen and oxygen atoms in total. The summed E-state index contributed by atoms with van der Waals surface area (Å²) in [5, 5.41) is -1.02. The second-order valence-electron chi connectivity index (χ2n) is 6.29. The van der Waals surface area contributed by atoms with Crippen LogP contribution in [-0.4, -0.2) is 52.5 Å². The van der Waals surface area contributed by atoms with E-state index in [2.05, 4.69) is 4.72 Å². The SMILES string of the molecule is O=C(CNS(=O)(=O)c1c(Cl)cccc1Cl)N1CC(S(=O)(=O)c2ccc(F)cc2)C1. The average Bonchev–Trinajstić information content (AvgIpc) is 2.58. The summed E-state index contributed by atoms with van der Waals surface area (Å²) in [4.78, 5) is 13.1. The van der Waals surface area contributed by atoms with Gasteiger partial charge < -0.3 is 4.90 Å². The summed E-state index contributed by atoms with van der Waals surface area (Å²) in [6.07, 6.45) is 0. The zero-order valence-electron chi connectivity index (χ0n) is 14.7. The number of benzene rings is 2. The van der Waals surface area contributed by atoms with Crippen molar-refractivity contribution in [1.82, 2.24) is 9.62 Å². The molecule has 0 bridgehead atoms. The zero-order valence-corrected chi connectivity index (χ0v) is 17.8. The molecule has 1 amide bonds. The number of sulfone groups is 1. The molecule has 2 aromatic rings. The van der Waals surface area contributed by atoms with Gasteiger partial charge in [0.05, 0.1) is 21.5 Å². The van der Waals surface area contributed by atoms with E-state index in [1.807, 2.05) is 0 Å². The predicted molar refractivity (Wildman–Crippen MR) is 106 cm³/mol. The third kappa shape index (κ3) is 4.56. The van der Waals surface area contributed by atoms with Crippen molar-refractivity contribution in [3.8, 4) is 0 Å². The van der Waals surface area contributed by atoms with Crippen LogP contribution in [0.1, 0.15) is 0 Å². The molecule has 3 rings (SSSR count). The lowest BCUT2D eigenvalue weighted by Crippen LogP contribution is -2.58. The van der Waals surface area contributed by atoms with Crippen LogP contribution in [0.15, 0.2) is 52.3 Å². The number of carbonyl (C=O) groups excluding carboxylic acids is 1. The van der Waals surface area contributed by atoms with Gasteiger partial charge in [-0.3, -0.25) is 4.79 Å². The first-order valence-corrected chi connectivity index (χ1v) is 12.0. The van der Waals surface area contributed by atoms with Crippen LogP contribution < -0.4 is 4.72 Å². The molecule has 1 aliphatic heterocycles. The summed E-state index contributed by atoms with van der Waals surface area (Å²) >= 11 is 11.8. The van der Waals surface area contributed by atoms with Gasteiger partial charge in [-0.15, -0.1) is 0 Å². The minimum atomic E-state index is -4.14. The molecule has 0 aromatic heterocycles. The van der Waals surface area contributed by atoms with Crippen LogP contribution in [0.2, 0.25) is 10.0 Å². The van der Waals surface area contributed by atoms with Gasteiger partial charge in [0.25, 0.3) is 0 Å². The van der Waals surface area contributed by atoms with E-state index >= 15 is 0 Å². The van der Waals surface area contributed by atoms with E-state index in [1.54, 1.807) is 0 Å². The standard InChI is InChI=1S/C17H15Cl2FN2O5S2/c18-14-2-1-3-15(19)17(14)29(26,27)21-8-16(23)22-9-13(10-22)28(24,25)12-6-4-11(20)5-7-12/h1-7,13,21H,8-10H2. The van der Waals surface area contributed by atoms with Crippen LogP contribution in [0.5, 0.6) is 0 Å². The Hall–Kier alpha value is -1.72. The fourth-order valence-electron chi connectivity index (χ4n) is 2.73. The second-order valence-corrected chi connectivity index (χ2v) is 11.0. The lowest BCUT2D eigenvalue weighted by atomic mass is 10.2. The van der Waals surface area contributed by atoms with Gasteiger partial charge in [0.2, 0.25) is 15.9 Å². The maximum atomic E-state index is 13.0. The van der Waals surface area contributed by atoms with Crippen molar-refractivity contribution in [2.75, 3.05) is 19.6 Å². The number of hydrogen-bond donors (Lipinski definition) is 1. The number of likely N-dealkylation sites (tertiary alicyclic amines) is 1. The quantitative estimate of drug-likeness (QED) is 0.637. The molecule has 1 fully saturated rings. The fraction of sp³-hybridized carbons (Fsp3) is 0.235. The number of sulfonamides is 1. The summed E-state index contributed by atoms with van der Waals surface area (Å²) in [5.74, 6) is -1.15. The summed E-state index contributed by atoms with van der Waals surface area (Å²) in [5.41, 5.74) is 0. The largest absolute Gasteiger partial charge is 0.339 e. The molecule has 156 valence electrons. The second kappa shape index (κ2) is 8.19. The van der Waals surface area contributed by atoms with E-state index < -0.39 is 43.4 Å². The van der Waals surface area contributed by atoms with Gasteiger partial charge in [-0.05, 0) is 36.4 Å². The topological polar surface area (TPSA) is 101 Å². The van der Waals surface area contributed by atoms with Crippen molar-refractivity contribution in [3.05, 3.63) is 58.3 Å². The average molecular weight is 481 g/mol. The maximum absolute atomic E-state index is 13.0. The van der Waals surface area contributed by atoms with Gasteiger partial charge in [0.1, 0.15) is 16.0 Å². The molecule has 0 spiro atoms. The van der Waals surface area contributed by atoms with E-state index in [0.29, 0.717) is 0 Å². The Morgan fingerprint density at radius 2 is 1.59 bits per heavy atom. The Morgan fingerprint density at radius 1 is 1.03 bits per heavy atom. The number of nitrogens with zero attached hydrogens (tertiary/aromatic N) is 1. The van der Waals surface area contributed by atoms with E-state index in [1.165, 1.54) is 23.1 Å². The van der Waals surface area contributed by atoms with Gasteiger partial charge in [0.15, 0.2) is 9.84 Å². The number of hydrogen-bond acceptors (Lipinski definition) is 5. The van der Waals surface area contributed by atoms with Crippen molar-refractivity contribution in [2.24, 2.45) is 0 Å². The lowest BCUT2D eigenvalue weighted by Gasteiger charge is -2.38. The first kappa shape index (κ1) is 22.0. The maximum Gasteiger partial charge on any atom is 0.244 e. The summed E-state index contributed by atoms with van der Waals surface area (Å²) < 4.78 is 64.8. The van der Waals surface area contributed by atoms with Crippen LogP contribution in [0, 0.1) is 5.82 Å². The summed E-state index contributed by atoms with van der Waals surface area (Å²) in [6.45, 7) is -0.757. The van der Waals surface area contributed by atoms with Crippen LogP contribution in [0.25, 0.3) is 0 Å². The summed E-state index contributed by atoms with van der Waals surface area (Å²) in [6, 6.07) is 8.60. The molecule has 1 aliphatic rings. The summed E-state index contributed by atoms with van der Waals surface area (Å²) in [7, 11) is -7.86. The van der Waals surface area contributed by atoms with Crippen molar-refractivity contribution < 1.29 is 26.0 Å². The molecule has 2 aromatic carbocycles. The highest BCUT2D eigenvalue weighted by atomic mass is 35.5. The van der Waals surface area contributed by atoms with Gasteiger partial charge in [0, 0.05) is 13.1 Å². The normalized spacial score (nSPS) is 15.2. The Labute approximate surface area is 177 Å². The number of carbonyl (C=O) groups is 1. The lowest BCUT2D eigenvalue weighted by molar-refractivity contribution is -0.133. The third-order valence-corrected chi connectivity index (χ3v) is 8.84. The number of amides is 1. The minimum Gasteiger partial charge on any atom is -0.339 e. The number of nitrogens with one attached hydrogen (secondary N) is 1. The first-order chi connectivity index (χ1) is 13.5. The van der Waals surface area contributed by atoms with Gasteiger partial charge in [-0.1, -0.05) is 29.3 Å². The first-order valence-electron chi connectivity index (χ1n) is 8.23. The molecule has 12 heteroatoms. The monoisotopic (exact) mass is 480 g/mol. The molecule has 1 saturated heterocycles. The molecule has 0 atom stereocenters. The van der Waals surface area contributed by atoms with Crippen LogP contribution >= 0.6 is 23.2 Å². The molecule has 0 saturated carbocycles. The number of rotatable bonds is 6. The molecule has 1 heterocycles. The molecule has 0 radical (unpaired) electrons. The van der Waals surface area contributed by atoms with Crippen LogP contribution in [0.4, 0.5) is 4.39 Å². The minimum absolute atomic E-state index is 0.0370. The highest BCUT2D eigenvalue weighted by molar-refractivity contribution is 7.92. The van der Waals surface area contributed by atoms with Crippen molar-refractivity contribution in [2.45, 2.75) is 15.0 Å². The Kier molecular flexibility index (Phi) is 6.21. The Balaban J connectivity index is 1.60. The Bertz CT molecular complexity index is 1130. The molecule has 29 heavy (non-hydrogen) atoms. The van der Waals surface area contributed by atoms with Gasteiger partial charge in [-0.25, -0.2) is 25.9 Å². The highest BCUT2D eigenvalue weighted by Gasteiger charge is 2.40. The molecule has 0 aliphatic carbocycles. The van der Waals surface area contributed by atoms with E-state index in [0.717, 1.165) is 24.3 Å². The molecular weight excluding hydrogens is 466 g/mol. The zero-order chi connectivity index (χ0) is 21.4. The fourth-order valence-corrected chi connectivity index (χ4v) is 6.50. The van der Waals surface area contributed by atoms with Crippen LogP contribution in [-0.2, 0) is 24.7 Å². The van der Waals surface area contributed by atoms with E-state index in [4.69, 9.17) is 23.2 Å². The molecular formula is C17H15Cl2FN2O5S2. The van der Waals surface area contributed by atoms with Crippen molar-refractivity contribution in [3.63, 3.8) is 0 Å². The van der Waals surface area contributed by atoms with E-state index in [9.17, 15) is 26.0 Å². The van der Waals surface area contributed by atoms with Crippen LogP contribution in [0.3, 0.4) is 0 Å². The molecule has 0 unspecified atom stereocenters. The van der Waals surface area contributed by atoms with E-state index in [-0.39, 0.29) is 32.9 Å². The number of halogens is 3. The predicted octanol–water partition coefficient (Wildman–Crippen LogP) is 2.10. The van der Waals surface area contributed by atoms with Crippen molar-refractivity contribution >= 4 is 49.0 Å².